The lowest BCUT2D eigenvalue weighted by Gasteiger charge is -2.25. The molecular formula is C36H41N3O5Si. The highest BCUT2D eigenvalue weighted by Gasteiger charge is 2.47. The number of carbonyl (C=O) groups excluding carboxylic acids is 2. The Balaban J connectivity index is 1.38. The highest BCUT2D eigenvalue weighted by Crippen LogP contribution is 2.44. The Kier molecular flexibility index (Phi) is 9.48. The van der Waals surface area contributed by atoms with Crippen LogP contribution in [0.15, 0.2) is 78.1 Å². The van der Waals surface area contributed by atoms with Crippen molar-refractivity contribution in [3.05, 3.63) is 106 Å². The molecule has 0 spiro atoms. The summed E-state index contributed by atoms with van der Waals surface area (Å²) in [5.41, 5.74) is 4.12. The van der Waals surface area contributed by atoms with Gasteiger partial charge in [-0.3, -0.25) is 14.4 Å². The molecule has 1 aliphatic carbocycles. The fraction of sp³-hybridized carbons (Fsp3) is 0.361. The zero-order chi connectivity index (χ0) is 32.3. The predicted octanol–water partition coefficient (Wildman–Crippen LogP) is 6.86. The Labute approximate surface area is 265 Å². The van der Waals surface area contributed by atoms with Gasteiger partial charge in [0.25, 0.3) is 5.56 Å². The number of aromatic nitrogens is 3. The van der Waals surface area contributed by atoms with Gasteiger partial charge >= 0.3 is 5.97 Å². The molecule has 3 unspecified atom stereocenters. The van der Waals surface area contributed by atoms with Gasteiger partial charge in [0.15, 0.2) is 5.78 Å². The van der Waals surface area contributed by atoms with Crippen LogP contribution >= 0.6 is 0 Å². The van der Waals surface area contributed by atoms with E-state index in [0.717, 1.165) is 22.7 Å². The number of carbonyl (C=O) groups is 2. The van der Waals surface area contributed by atoms with Crippen molar-refractivity contribution in [2.24, 2.45) is 17.8 Å². The first kappa shape index (κ1) is 32.0. The number of benzene rings is 3. The molecule has 0 saturated heterocycles. The third-order valence-electron chi connectivity index (χ3n) is 8.50. The van der Waals surface area contributed by atoms with E-state index in [2.05, 4.69) is 42.6 Å². The van der Waals surface area contributed by atoms with Crippen molar-refractivity contribution >= 4 is 36.4 Å². The first-order valence-corrected chi connectivity index (χ1v) is 19.2. The molecule has 45 heavy (non-hydrogen) atoms. The summed E-state index contributed by atoms with van der Waals surface area (Å²) in [7, 11) is -1.46. The first-order valence-electron chi connectivity index (χ1n) is 15.5. The molecule has 1 fully saturated rings. The molecule has 8 nitrogen and oxygen atoms in total. The minimum atomic E-state index is -1.46. The predicted molar refractivity (Wildman–Crippen MR) is 179 cm³/mol. The van der Waals surface area contributed by atoms with Crippen molar-refractivity contribution in [1.82, 2.24) is 15.0 Å². The molecule has 234 valence electrons. The molecule has 1 aromatic heterocycles. The number of allylic oxidation sites excluding steroid dienone is 1. The van der Waals surface area contributed by atoms with Gasteiger partial charge in [0.2, 0.25) is 0 Å². The average Bonchev–Trinajstić information content (AvgIpc) is 3.45. The molecule has 5 rings (SSSR count). The summed E-state index contributed by atoms with van der Waals surface area (Å²) >= 11 is 0. The largest absolute Gasteiger partial charge is 0.489 e. The average molecular weight is 624 g/mol. The number of ether oxygens (including phenoxy) is 2. The molecule has 1 aliphatic rings. The van der Waals surface area contributed by atoms with E-state index in [4.69, 9.17) is 9.47 Å². The number of aryl methyl sites for hydroxylation is 2. The Bertz CT molecular complexity index is 1790. The van der Waals surface area contributed by atoms with Crippen molar-refractivity contribution in [3.63, 3.8) is 0 Å². The number of Topliss-reactive ketones (excluding diaryl/α,β-unsaturated/α-hetero) is 1. The second kappa shape index (κ2) is 13.3. The van der Waals surface area contributed by atoms with E-state index in [-0.39, 0.29) is 11.3 Å². The van der Waals surface area contributed by atoms with E-state index in [0.29, 0.717) is 54.0 Å². The van der Waals surface area contributed by atoms with Crippen molar-refractivity contribution in [3.8, 4) is 5.75 Å². The van der Waals surface area contributed by atoms with Crippen LogP contribution in [-0.2, 0) is 16.1 Å². The van der Waals surface area contributed by atoms with Gasteiger partial charge < -0.3 is 9.47 Å². The van der Waals surface area contributed by atoms with E-state index in [1.54, 1.807) is 36.4 Å². The van der Waals surface area contributed by atoms with E-state index in [1.165, 1.54) is 4.68 Å². The van der Waals surface area contributed by atoms with E-state index < -0.39 is 31.8 Å². The molecule has 4 aromatic rings. The SMILES string of the molecule is C=C(C1CCC(C(=O)c2ccc(OCc3cccc(C)c3)cc2)C1C(=O)OCC[Si](C)(C)C)n1nnc2ccc(C)cc2c1=O. The van der Waals surface area contributed by atoms with Gasteiger partial charge in [0.05, 0.1) is 17.9 Å². The first-order chi connectivity index (χ1) is 21.4. The number of hydrogen-bond acceptors (Lipinski definition) is 7. The molecular weight excluding hydrogens is 582 g/mol. The van der Waals surface area contributed by atoms with Crippen molar-refractivity contribution < 1.29 is 19.1 Å². The normalized spacial score (nSPS) is 18.1. The summed E-state index contributed by atoms with van der Waals surface area (Å²) in [4.78, 5) is 41.1. The molecule has 0 N–H and O–H groups in total. The van der Waals surface area contributed by atoms with Crippen LogP contribution in [-0.4, -0.2) is 41.4 Å². The number of fused-ring (bicyclic) bond motifs is 1. The fourth-order valence-electron chi connectivity index (χ4n) is 5.95. The van der Waals surface area contributed by atoms with Crippen LogP contribution in [0.25, 0.3) is 16.6 Å². The summed E-state index contributed by atoms with van der Waals surface area (Å²) in [5.74, 6) is -1.87. The molecule has 3 atom stereocenters. The Morgan fingerprint density at radius 1 is 0.956 bits per heavy atom. The molecule has 0 radical (unpaired) electrons. The monoisotopic (exact) mass is 623 g/mol. The number of hydrogen-bond donors (Lipinski definition) is 0. The van der Waals surface area contributed by atoms with E-state index in [1.807, 2.05) is 38.1 Å². The summed E-state index contributed by atoms with van der Waals surface area (Å²) in [6, 6.07) is 21.4. The lowest BCUT2D eigenvalue weighted by atomic mass is 9.83. The lowest BCUT2D eigenvalue weighted by molar-refractivity contribution is -0.149. The van der Waals surface area contributed by atoms with E-state index >= 15 is 0 Å². The maximum atomic E-state index is 13.9. The Morgan fingerprint density at radius 3 is 2.38 bits per heavy atom. The van der Waals surface area contributed by atoms with Crippen LogP contribution < -0.4 is 10.3 Å². The van der Waals surface area contributed by atoms with Gasteiger partial charge in [-0.15, -0.1) is 5.10 Å². The van der Waals surface area contributed by atoms with Gasteiger partial charge in [-0.25, -0.2) is 0 Å². The minimum absolute atomic E-state index is 0.143. The number of esters is 1. The summed E-state index contributed by atoms with van der Waals surface area (Å²) in [6.45, 7) is 15.5. The van der Waals surface area contributed by atoms with Crippen LogP contribution in [0.1, 0.15) is 39.9 Å². The second-order valence-corrected chi connectivity index (χ2v) is 18.9. The summed E-state index contributed by atoms with van der Waals surface area (Å²) in [6.07, 6.45) is 0.942. The molecule has 0 bridgehead atoms. The van der Waals surface area contributed by atoms with Crippen molar-refractivity contribution in [1.29, 1.82) is 0 Å². The molecule has 1 saturated carbocycles. The zero-order valence-electron chi connectivity index (χ0n) is 26.7. The second-order valence-electron chi connectivity index (χ2n) is 13.3. The fourth-order valence-corrected chi connectivity index (χ4v) is 6.66. The summed E-state index contributed by atoms with van der Waals surface area (Å²) in [5, 5.41) is 8.82. The van der Waals surface area contributed by atoms with Crippen molar-refractivity contribution in [2.75, 3.05) is 6.61 Å². The number of rotatable bonds is 11. The molecule has 3 aromatic carbocycles. The van der Waals surface area contributed by atoms with Crippen LogP contribution in [0, 0.1) is 31.6 Å². The maximum Gasteiger partial charge on any atom is 0.310 e. The van der Waals surface area contributed by atoms with Gasteiger partial charge in [-0.2, -0.15) is 4.68 Å². The molecule has 0 aliphatic heterocycles. The topological polar surface area (TPSA) is 100 Å². The third kappa shape index (κ3) is 7.48. The third-order valence-corrected chi connectivity index (χ3v) is 10.2. The number of nitrogens with zero attached hydrogens (tertiary/aromatic N) is 3. The molecule has 9 heteroatoms. The Hall–Kier alpha value is -4.37. The van der Waals surface area contributed by atoms with Gasteiger partial charge in [-0.1, -0.05) is 72.9 Å². The lowest BCUT2D eigenvalue weighted by Crippen LogP contribution is -2.35. The van der Waals surface area contributed by atoms with Crippen LogP contribution in [0.5, 0.6) is 5.75 Å². The summed E-state index contributed by atoms with van der Waals surface area (Å²) < 4.78 is 12.9. The van der Waals surface area contributed by atoms with Crippen molar-refractivity contribution in [2.45, 2.75) is 59.0 Å². The zero-order valence-corrected chi connectivity index (χ0v) is 27.7. The Morgan fingerprint density at radius 2 is 1.67 bits per heavy atom. The standard InChI is InChI=1S/C36H41N3O5Si/c1-23-8-7-9-26(20-23)22-44-28-13-11-27(12-14-28)34(40)30-16-15-29(33(30)36(42)43-18-19-45(4,5)6)25(3)39-35(41)31-21-24(2)10-17-32(31)37-38-39/h7-14,17,20-21,29-30,33H,3,15-16,18-19,22H2,1-2,4-6H3. The van der Waals surface area contributed by atoms with Gasteiger partial charge in [-0.05, 0) is 74.7 Å². The smallest absolute Gasteiger partial charge is 0.310 e. The highest BCUT2D eigenvalue weighted by atomic mass is 28.3. The van der Waals surface area contributed by atoms with Gasteiger partial charge in [0, 0.05) is 31.2 Å². The van der Waals surface area contributed by atoms with Crippen LogP contribution in [0.3, 0.4) is 0 Å². The van der Waals surface area contributed by atoms with Gasteiger partial charge in [0.1, 0.15) is 17.9 Å². The molecule has 1 heterocycles. The molecule has 0 amide bonds. The van der Waals surface area contributed by atoms with Crippen LogP contribution in [0.2, 0.25) is 25.7 Å². The minimum Gasteiger partial charge on any atom is -0.489 e. The van der Waals surface area contributed by atoms with E-state index in [9.17, 15) is 14.4 Å². The van der Waals surface area contributed by atoms with Crippen LogP contribution in [0.4, 0.5) is 0 Å². The quantitative estimate of drug-likeness (QED) is 0.102. The highest BCUT2D eigenvalue weighted by molar-refractivity contribution is 6.76. The number of ketones is 1. The maximum absolute atomic E-state index is 13.9.